The van der Waals surface area contributed by atoms with E-state index in [4.69, 9.17) is 0 Å². The molecule has 1 heterocycles. The first-order valence-electron chi connectivity index (χ1n) is 6.13. The van der Waals surface area contributed by atoms with Crippen molar-refractivity contribution in [2.24, 2.45) is 0 Å². The Balaban J connectivity index is 1.89. The summed E-state index contributed by atoms with van der Waals surface area (Å²) in [5, 5.41) is 1.95. The quantitative estimate of drug-likeness (QED) is 0.726. The zero-order chi connectivity index (χ0) is 12.5. The van der Waals surface area contributed by atoms with Gasteiger partial charge in [0.1, 0.15) is 0 Å². The molecule has 3 rings (SSSR count). The highest BCUT2D eigenvalue weighted by Crippen LogP contribution is 2.36. The van der Waals surface area contributed by atoms with Crippen LogP contribution in [0.15, 0.2) is 40.2 Å². The van der Waals surface area contributed by atoms with Gasteiger partial charge in [-0.05, 0) is 52.4 Å². The van der Waals surface area contributed by atoms with E-state index in [9.17, 15) is 4.79 Å². The highest BCUT2D eigenvalue weighted by Gasteiger charge is 2.20. The first kappa shape index (κ1) is 12.1. The molecule has 18 heavy (non-hydrogen) atoms. The highest BCUT2D eigenvalue weighted by atomic mass is 79.9. The summed E-state index contributed by atoms with van der Waals surface area (Å²) in [5.74, 6) is 0.805. The van der Waals surface area contributed by atoms with E-state index in [1.54, 1.807) is 0 Å². The molecule has 1 aromatic carbocycles. The van der Waals surface area contributed by atoms with E-state index in [0.717, 1.165) is 14.9 Å². The first-order chi connectivity index (χ1) is 8.74. The molecule has 1 fully saturated rings. The van der Waals surface area contributed by atoms with Crippen LogP contribution in [0.25, 0.3) is 0 Å². The Bertz CT molecular complexity index is 584. The molecule has 1 saturated carbocycles. The first-order valence-corrected chi connectivity index (χ1v) is 7.80. The number of carbonyl (C=O) groups is 1. The van der Waals surface area contributed by atoms with Crippen LogP contribution in [0.2, 0.25) is 0 Å². The predicted molar refractivity (Wildman–Crippen MR) is 78.5 cm³/mol. The van der Waals surface area contributed by atoms with Gasteiger partial charge in [0.15, 0.2) is 0 Å². The summed E-state index contributed by atoms with van der Waals surface area (Å²) in [6, 6.07) is 10.0. The number of halogens is 1. The van der Waals surface area contributed by atoms with Gasteiger partial charge in [-0.2, -0.15) is 0 Å². The molecule has 0 bridgehead atoms. The number of ketones is 1. The second kappa shape index (κ2) is 4.98. The Morgan fingerprint density at radius 1 is 1.28 bits per heavy atom. The molecule has 0 aliphatic heterocycles. The molecular weight excluding hydrogens is 308 g/mol. The molecule has 0 atom stereocenters. The molecule has 0 N–H and O–H groups in total. The third-order valence-electron chi connectivity index (χ3n) is 3.52. The van der Waals surface area contributed by atoms with Crippen molar-refractivity contribution in [2.75, 3.05) is 0 Å². The van der Waals surface area contributed by atoms with Crippen LogP contribution in [0.1, 0.15) is 46.0 Å². The Kier molecular flexibility index (Phi) is 3.35. The lowest BCUT2D eigenvalue weighted by molar-refractivity contribution is 0.104. The molecule has 1 aliphatic carbocycles. The van der Waals surface area contributed by atoms with Gasteiger partial charge in [0.25, 0.3) is 0 Å². The lowest BCUT2D eigenvalue weighted by atomic mass is 9.79. The average molecular weight is 321 g/mol. The minimum absolute atomic E-state index is 0.131. The lowest BCUT2D eigenvalue weighted by Crippen LogP contribution is -2.09. The number of hydrogen-bond acceptors (Lipinski definition) is 2. The van der Waals surface area contributed by atoms with E-state index >= 15 is 0 Å². The Hall–Kier alpha value is -0.930. The second-order valence-corrected chi connectivity index (χ2v) is 6.54. The summed E-state index contributed by atoms with van der Waals surface area (Å²) < 4.78 is 0.978. The maximum Gasteiger partial charge on any atom is 0.202 e. The minimum Gasteiger partial charge on any atom is -0.288 e. The molecule has 1 nitrogen and oxygen atoms in total. The zero-order valence-electron chi connectivity index (χ0n) is 9.86. The molecule has 0 spiro atoms. The third-order valence-corrected chi connectivity index (χ3v) is 5.21. The summed E-state index contributed by atoms with van der Waals surface area (Å²) in [6.45, 7) is 0. The minimum atomic E-state index is 0.131. The number of rotatable bonds is 3. The van der Waals surface area contributed by atoms with Crippen LogP contribution in [-0.4, -0.2) is 5.78 Å². The number of hydrogen-bond donors (Lipinski definition) is 0. The van der Waals surface area contributed by atoms with Gasteiger partial charge in [-0.3, -0.25) is 4.79 Å². The summed E-state index contributed by atoms with van der Waals surface area (Å²) >= 11 is 4.88. The van der Waals surface area contributed by atoms with Crippen LogP contribution in [0.5, 0.6) is 0 Å². The fourth-order valence-electron chi connectivity index (χ4n) is 2.25. The Labute approximate surface area is 119 Å². The van der Waals surface area contributed by atoms with Gasteiger partial charge in [-0.25, -0.2) is 0 Å². The summed E-state index contributed by atoms with van der Waals surface area (Å²) in [4.78, 5) is 13.1. The van der Waals surface area contributed by atoms with Gasteiger partial charge in [-0.1, -0.05) is 24.6 Å². The molecule has 0 saturated heterocycles. The largest absolute Gasteiger partial charge is 0.288 e. The summed E-state index contributed by atoms with van der Waals surface area (Å²) in [6.07, 6.45) is 3.85. The summed E-state index contributed by atoms with van der Waals surface area (Å²) in [7, 11) is 0. The lowest BCUT2D eigenvalue weighted by Gasteiger charge is -2.26. The van der Waals surface area contributed by atoms with Crippen molar-refractivity contribution < 1.29 is 4.79 Å². The highest BCUT2D eigenvalue weighted by molar-refractivity contribution is 9.10. The SMILES string of the molecule is O=C(c1cccc(C2CCC2)c1)c1cc(Br)cs1. The Morgan fingerprint density at radius 3 is 2.72 bits per heavy atom. The van der Waals surface area contributed by atoms with Crippen molar-refractivity contribution in [2.45, 2.75) is 25.2 Å². The third kappa shape index (κ3) is 2.29. The molecular formula is C15H13BrOS. The predicted octanol–water partition coefficient (Wildman–Crippen LogP) is 5.01. The molecule has 0 amide bonds. The van der Waals surface area contributed by atoms with E-state index in [1.165, 1.54) is 36.2 Å². The molecule has 0 unspecified atom stereocenters. The molecule has 2 aromatic rings. The monoisotopic (exact) mass is 320 g/mol. The van der Waals surface area contributed by atoms with E-state index in [-0.39, 0.29) is 5.78 Å². The van der Waals surface area contributed by atoms with Crippen LogP contribution in [0.3, 0.4) is 0 Å². The van der Waals surface area contributed by atoms with Crippen molar-refractivity contribution in [1.29, 1.82) is 0 Å². The van der Waals surface area contributed by atoms with Gasteiger partial charge < -0.3 is 0 Å². The fourth-order valence-corrected chi connectivity index (χ4v) is 3.64. The molecule has 92 valence electrons. The topological polar surface area (TPSA) is 17.1 Å². The Morgan fingerprint density at radius 2 is 2.11 bits per heavy atom. The van der Waals surface area contributed by atoms with Crippen LogP contribution in [0.4, 0.5) is 0 Å². The molecule has 0 radical (unpaired) electrons. The van der Waals surface area contributed by atoms with Gasteiger partial charge in [0.2, 0.25) is 5.78 Å². The smallest absolute Gasteiger partial charge is 0.202 e. The van der Waals surface area contributed by atoms with Gasteiger partial charge in [0.05, 0.1) is 4.88 Å². The van der Waals surface area contributed by atoms with E-state index < -0.39 is 0 Å². The van der Waals surface area contributed by atoms with Crippen molar-refractivity contribution in [3.8, 4) is 0 Å². The maximum absolute atomic E-state index is 12.3. The van der Waals surface area contributed by atoms with Crippen molar-refractivity contribution in [1.82, 2.24) is 0 Å². The van der Waals surface area contributed by atoms with E-state index in [1.807, 2.05) is 23.6 Å². The van der Waals surface area contributed by atoms with Gasteiger partial charge >= 0.3 is 0 Å². The second-order valence-electron chi connectivity index (χ2n) is 4.71. The van der Waals surface area contributed by atoms with Gasteiger partial charge in [-0.15, -0.1) is 11.3 Å². The maximum atomic E-state index is 12.3. The van der Waals surface area contributed by atoms with Crippen molar-refractivity contribution in [3.63, 3.8) is 0 Å². The number of benzene rings is 1. The molecule has 3 heteroatoms. The van der Waals surface area contributed by atoms with E-state index in [0.29, 0.717) is 5.92 Å². The standard InChI is InChI=1S/C15H13BrOS/c16-13-8-14(18-9-13)15(17)12-6-2-5-11(7-12)10-3-1-4-10/h2,5-10H,1,3-4H2. The van der Waals surface area contributed by atoms with E-state index in [2.05, 4.69) is 28.1 Å². The van der Waals surface area contributed by atoms with Crippen LogP contribution in [0, 0.1) is 0 Å². The van der Waals surface area contributed by atoms with Crippen LogP contribution < -0.4 is 0 Å². The van der Waals surface area contributed by atoms with Gasteiger partial charge in [0, 0.05) is 15.4 Å². The molecule has 1 aliphatic rings. The van der Waals surface area contributed by atoms with Crippen molar-refractivity contribution in [3.05, 3.63) is 56.2 Å². The summed E-state index contributed by atoms with van der Waals surface area (Å²) in [5.41, 5.74) is 2.14. The average Bonchev–Trinajstić information content (AvgIpc) is 2.73. The molecule has 1 aromatic heterocycles. The normalized spacial score (nSPS) is 15.4. The zero-order valence-corrected chi connectivity index (χ0v) is 12.3. The fraction of sp³-hybridized carbons (Fsp3) is 0.267. The van der Waals surface area contributed by atoms with Crippen molar-refractivity contribution >= 4 is 33.0 Å². The number of thiophene rings is 1. The number of carbonyl (C=O) groups excluding carboxylic acids is 1. The van der Waals surface area contributed by atoms with Crippen LogP contribution >= 0.6 is 27.3 Å². The van der Waals surface area contributed by atoms with Crippen LogP contribution in [-0.2, 0) is 0 Å².